The molecule has 0 saturated carbocycles. The Labute approximate surface area is 262 Å². The zero-order valence-electron chi connectivity index (χ0n) is 24.7. The lowest BCUT2D eigenvalue weighted by Crippen LogP contribution is -2.55. The van der Waals surface area contributed by atoms with Crippen LogP contribution in [0.4, 0.5) is 5.00 Å². The molecule has 2 N–H and O–H groups in total. The number of esters is 5. The molecular weight excluding hydrogens is 620 g/mol. The maximum atomic E-state index is 13.4. The second-order valence-electron chi connectivity index (χ2n) is 8.80. The van der Waals surface area contributed by atoms with Gasteiger partial charge >= 0.3 is 29.8 Å². The minimum atomic E-state index is -1.92. The molecule has 0 aliphatic heterocycles. The molecule has 0 radical (unpaired) electrons. The third kappa shape index (κ3) is 10.6. The quantitative estimate of drug-likeness (QED) is 0.183. The van der Waals surface area contributed by atoms with E-state index in [2.05, 4.69) is 10.6 Å². The lowest BCUT2D eigenvalue weighted by molar-refractivity contribution is -0.190. The number of ether oxygens (including phenoxy) is 6. The van der Waals surface area contributed by atoms with E-state index < -0.39 is 60.7 Å². The number of carbonyl (C=O) groups is 6. The molecule has 238 valence electrons. The Morgan fingerprint density at radius 2 is 1.48 bits per heavy atom. The van der Waals surface area contributed by atoms with Gasteiger partial charge in [-0.15, -0.1) is 11.3 Å². The molecule has 14 nitrogen and oxygen atoms in total. The van der Waals surface area contributed by atoms with Gasteiger partial charge in [-0.3, -0.25) is 29.3 Å². The first-order valence-corrected chi connectivity index (χ1v) is 14.3. The van der Waals surface area contributed by atoms with Crippen LogP contribution in [0, 0.1) is 0 Å². The number of benzene rings is 1. The minimum absolute atomic E-state index is 0.0931. The maximum Gasteiger partial charge on any atom is 0.341 e. The van der Waals surface area contributed by atoms with Gasteiger partial charge in [0.25, 0.3) is 5.91 Å². The lowest BCUT2D eigenvalue weighted by atomic mass is 10.0. The fourth-order valence-electron chi connectivity index (χ4n) is 3.74. The summed E-state index contributed by atoms with van der Waals surface area (Å²) in [6.45, 7) is 5.23. The van der Waals surface area contributed by atoms with Gasteiger partial charge in [0.15, 0.2) is 17.3 Å². The van der Waals surface area contributed by atoms with Crippen LogP contribution in [0.25, 0.3) is 11.1 Å². The van der Waals surface area contributed by atoms with Crippen LogP contribution in [-0.2, 0) is 47.7 Å². The van der Waals surface area contributed by atoms with Crippen LogP contribution in [-0.4, -0.2) is 79.5 Å². The van der Waals surface area contributed by atoms with E-state index in [1.807, 2.05) is 0 Å². The Morgan fingerprint density at radius 3 is 2.00 bits per heavy atom. The summed E-state index contributed by atoms with van der Waals surface area (Å²) in [5, 5.41) is 6.69. The zero-order valence-corrected chi connectivity index (χ0v) is 26.4. The molecule has 1 amide bonds. The molecule has 1 heterocycles. The fourth-order valence-corrected chi connectivity index (χ4v) is 4.97. The fraction of sp³-hybridized carbons (Fsp3) is 0.393. The van der Waals surface area contributed by atoms with E-state index in [1.165, 1.54) is 7.11 Å². The van der Waals surface area contributed by atoms with Crippen molar-refractivity contribution in [3.8, 4) is 16.9 Å². The topological polar surface area (TPSA) is 182 Å². The molecule has 1 aromatic carbocycles. The molecule has 0 saturated heterocycles. The van der Waals surface area contributed by atoms with Gasteiger partial charge in [-0.2, -0.15) is 0 Å². The number of carbonyl (C=O) groups excluding carboxylic acids is 6. The summed E-state index contributed by atoms with van der Waals surface area (Å²) in [7, 11) is 1.53. The van der Waals surface area contributed by atoms with E-state index >= 15 is 0 Å². The number of amides is 1. The number of methoxy groups -OCH3 is 1. The monoisotopic (exact) mass is 652 g/mol. The SMILES string of the molecule is CCOC(=O)c1c(-c2ccc(OC)cc2)csc1NC(=S)NC(=O)C(OC(C)=O)C(OC(C)=O)C(COC(C)=O)OC(C)=O. The Hall–Kier alpha value is -4.57. The molecule has 0 aliphatic rings. The third-order valence-corrected chi connectivity index (χ3v) is 6.52. The summed E-state index contributed by atoms with van der Waals surface area (Å²) >= 11 is 6.40. The van der Waals surface area contributed by atoms with Crippen molar-refractivity contribution in [2.24, 2.45) is 0 Å². The van der Waals surface area contributed by atoms with E-state index in [0.717, 1.165) is 39.0 Å². The largest absolute Gasteiger partial charge is 0.497 e. The molecule has 2 rings (SSSR count). The number of nitrogens with one attached hydrogen (secondary N) is 2. The van der Waals surface area contributed by atoms with Gasteiger partial charge in [0, 0.05) is 38.6 Å². The van der Waals surface area contributed by atoms with E-state index in [1.54, 1.807) is 36.6 Å². The molecule has 1 aromatic heterocycles. The molecule has 44 heavy (non-hydrogen) atoms. The number of thiocarbonyl (C=S) groups is 1. The molecule has 0 aliphatic carbocycles. The highest BCUT2D eigenvalue weighted by atomic mass is 32.1. The van der Waals surface area contributed by atoms with Crippen molar-refractivity contribution < 1.29 is 57.2 Å². The first kappa shape index (κ1) is 35.6. The third-order valence-electron chi connectivity index (χ3n) is 5.42. The Balaban J connectivity index is 2.40. The molecule has 0 bridgehead atoms. The number of rotatable bonds is 13. The van der Waals surface area contributed by atoms with Crippen LogP contribution in [0.2, 0.25) is 0 Å². The molecule has 2 aromatic rings. The Morgan fingerprint density at radius 1 is 0.864 bits per heavy atom. The van der Waals surface area contributed by atoms with Crippen LogP contribution in [0.3, 0.4) is 0 Å². The number of anilines is 1. The van der Waals surface area contributed by atoms with Crippen molar-refractivity contribution in [3.63, 3.8) is 0 Å². The lowest BCUT2D eigenvalue weighted by Gasteiger charge is -2.30. The molecule has 16 heteroatoms. The summed E-state index contributed by atoms with van der Waals surface area (Å²) in [5.41, 5.74) is 1.34. The van der Waals surface area contributed by atoms with E-state index in [-0.39, 0.29) is 22.3 Å². The van der Waals surface area contributed by atoms with Crippen molar-refractivity contribution >= 4 is 69.4 Å². The second-order valence-corrected chi connectivity index (χ2v) is 10.1. The average molecular weight is 653 g/mol. The minimum Gasteiger partial charge on any atom is -0.497 e. The van der Waals surface area contributed by atoms with Crippen LogP contribution in [0.5, 0.6) is 5.75 Å². The van der Waals surface area contributed by atoms with Crippen LogP contribution in [0.15, 0.2) is 29.6 Å². The van der Waals surface area contributed by atoms with Crippen molar-refractivity contribution in [1.82, 2.24) is 5.32 Å². The van der Waals surface area contributed by atoms with E-state index in [4.69, 9.17) is 40.6 Å². The van der Waals surface area contributed by atoms with Gasteiger partial charge in [-0.25, -0.2) is 4.79 Å². The molecule has 3 unspecified atom stereocenters. The summed E-state index contributed by atoms with van der Waals surface area (Å²) < 4.78 is 30.8. The molecular formula is C28H32N2O12S2. The highest BCUT2D eigenvalue weighted by Gasteiger charge is 2.42. The molecule has 3 atom stereocenters. The van der Waals surface area contributed by atoms with Gasteiger partial charge < -0.3 is 33.7 Å². The smallest absolute Gasteiger partial charge is 0.341 e. The molecule has 0 spiro atoms. The normalized spacial score (nSPS) is 12.4. The predicted molar refractivity (Wildman–Crippen MR) is 160 cm³/mol. The van der Waals surface area contributed by atoms with Gasteiger partial charge in [0.05, 0.1) is 13.7 Å². The van der Waals surface area contributed by atoms with Gasteiger partial charge in [0.2, 0.25) is 6.10 Å². The van der Waals surface area contributed by atoms with Crippen LogP contribution in [0.1, 0.15) is 45.0 Å². The summed E-state index contributed by atoms with van der Waals surface area (Å²) in [4.78, 5) is 73.4. The summed E-state index contributed by atoms with van der Waals surface area (Å²) in [6, 6.07) is 6.95. The average Bonchev–Trinajstić information content (AvgIpc) is 3.35. The van der Waals surface area contributed by atoms with Crippen molar-refractivity contribution in [2.45, 2.75) is 52.9 Å². The predicted octanol–water partition coefficient (Wildman–Crippen LogP) is 2.77. The zero-order chi connectivity index (χ0) is 33.0. The Bertz CT molecular complexity index is 1390. The Kier molecular flexibility index (Phi) is 13.7. The van der Waals surface area contributed by atoms with Crippen molar-refractivity contribution in [1.29, 1.82) is 0 Å². The van der Waals surface area contributed by atoms with Crippen molar-refractivity contribution in [2.75, 3.05) is 25.6 Å². The molecule has 0 fully saturated rings. The summed E-state index contributed by atoms with van der Waals surface area (Å²) in [5.74, 6) is -4.64. The maximum absolute atomic E-state index is 13.4. The van der Waals surface area contributed by atoms with E-state index in [9.17, 15) is 28.8 Å². The second kappa shape index (κ2) is 16.9. The van der Waals surface area contributed by atoms with E-state index in [0.29, 0.717) is 16.9 Å². The highest BCUT2D eigenvalue weighted by Crippen LogP contribution is 2.37. The van der Waals surface area contributed by atoms with Crippen molar-refractivity contribution in [3.05, 3.63) is 35.2 Å². The number of hydrogen-bond acceptors (Lipinski definition) is 14. The van der Waals surface area contributed by atoms with Gasteiger partial charge in [0.1, 0.15) is 22.9 Å². The van der Waals surface area contributed by atoms with Crippen LogP contribution >= 0.6 is 23.6 Å². The highest BCUT2D eigenvalue weighted by molar-refractivity contribution is 7.80. The number of hydrogen-bond donors (Lipinski definition) is 2. The van der Waals surface area contributed by atoms with Gasteiger partial charge in [-0.05, 0) is 36.8 Å². The van der Waals surface area contributed by atoms with Crippen LogP contribution < -0.4 is 15.4 Å². The first-order chi connectivity index (χ1) is 20.8. The summed E-state index contributed by atoms with van der Waals surface area (Å²) in [6.07, 6.45) is -5.21. The number of thiophene rings is 1. The first-order valence-electron chi connectivity index (χ1n) is 13.0. The standard InChI is InChI=1S/C28H32N2O12S2/c1-7-38-27(36)22-20(18-8-10-19(37-6)11-9-18)13-44-26(22)30-28(43)29-25(35)24(42-17(5)34)23(41-16(4)33)21(40-15(3)32)12-39-14(2)31/h8-11,13,21,23-24H,7,12H2,1-6H3,(H2,29,30,35,43). The van der Waals surface area contributed by atoms with Gasteiger partial charge in [-0.1, -0.05) is 12.1 Å².